The van der Waals surface area contributed by atoms with Crippen molar-refractivity contribution < 1.29 is 0 Å². The quantitative estimate of drug-likeness (QED) is 0.683. The summed E-state index contributed by atoms with van der Waals surface area (Å²) in [6.45, 7) is 6.34. The van der Waals surface area contributed by atoms with Gasteiger partial charge < -0.3 is 10.6 Å². The third-order valence-electron chi connectivity index (χ3n) is 2.35. The van der Waals surface area contributed by atoms with Crippen molar-refractivity contribution in [2.24, 2.45) is 0 Å². The van der Waals surface area contributed by atoms with Gasteiger partial charge in [0.2, 0.25) is 0 Å². The van der Waals surface area contributed by atoms with Crippen LogP contribution in [0.5, 0.6) is 0 Å². The Hall–Kier alpha value is -0.570. The molecule has 0 aliphatic carbocycles. The number of halogens is 1. The summed E-state index contributed by atoms with van der Waals surface area (Å²) in [5.74, 6) is 0. The second kappa shape index (κ2) is 8.57. The average molecular weight is 241 g/mol. The molecule has 90 valence electrons. The van der Waals surface area contributed by atoms with Gasteiger partial charge in [0.1, 0.15) is 0 Å². The molecule has 2 nitrogen and oxygen atoms in total. The summed E-state index contributed by atoms with van der Waals surface area (Å²) in [7, 11) is 0. The van der Waals surface area contributed by atoms with Crippen molar-refractivity contribution in [1.82, 2.24) is 10.6 Å². The molecule has 3 heteroatoms. The van der Waals surface area contributed by atoms with E-state index < -0.39 is 0 Å². The zero-order valence-electron chi connectivity index (χ0n) is 9.93. The van der Waals surface area contributed by atoms with E-state index in [-0.39, 0.29) is 0 Å². The largest absolute Gasteiger partial charge is 0.317 e. The average Bonchev–Trinajstić information content (AvgIpc) is 2.28. The maximum Gasteiger partial charge on any atom is 0.0409 e. The first-order valence-corrected chi connectivity index (χ1v) is 6.36. The van der Waals surface area contributed by atoms with Crippen molar-refractivity contribution in [2.75, 3.05) is 19.6 Å². The molecule has 0 amide bonds. The van der Waals surface area contributed by atoms with Gasteiger partial charge in [0.05, 0.1) is 0 Å². The highest BCUT2D eigenvalue weighted by Crippen LogP contribution is 2.09. The van der Waals surface area contributed by atoms with Gasteiger partial charge in [0, 0.05) is 11.6 Å². The summed E-state index contributed by atoms with van der Waals surface area (Å²) in [6.07, 6.45) is 2.37. The fraction of sp³-hybridized carbons (Fsp3) is 0.538. The molecule has 0 fully saturated rings. The Bertz CT molecular complexity index is 289. The lowest BCUT2D eigenvalue weighted by molar-refractivity contribution is 0.592. The predicted molar refractivity (Wildman–Crippen MR) is 70.9 cm³/mol. The van der Waals surface area contributed by atoms with Crippen LogP contribution in [0.15, 0.2) is 24.3 Å². The summed E-state index contributed by atoms with van der Waals surface area (Å²) >= 11 is 5.90. The van der Waals surface area contributed by atoms with Crippen LogP contribution < -0.4 is 10.6 Å². The number of hydrogen-bond acceptors (Lipinski definition) is 2. The maximum atomic E-state index is 5.90. The fourth-order valence-corrected chi connectivity index (χ4v) is 1.73. The lowest BCUT2D eigenvalue weighted by Gasteiger charge is -2.06. The number of nitrogens with one attached hydrogen (secondary N) is 2. The topological polar surface area (TPSA) is 24.1 Å². The first-order chi connectivity index (χ1) is 7.83. The lowest BCUT2D eigenvalue weighted by atomic mass is 10.2. The van der Waals surface area contributed by atoms with E-state index in [2.05, 4.69) is 23.6 Å². The fourth-order valence-electron chi connectivity index (χ4n) is 1.52. The van der Waals surface area contributed by atoms with E-state index in [0.717, 1.165) is 31.2 Å². The zero-order chi connectivity index (χ0) is 11.6. The molecular weight excluding hydrogens is 220 g/mol. The van der Waals surface area contributed by atoms with Crippen molar-refractivity contribution in [2.45, 2.75) is 26.3 Å². The molecule has 0 aliphatic heterocycles. The molecule has 16 heavy (non-hydrogen) atoms. The van der Waals surface area contributed by atoms with Crippen LogP contribution in [0.3, 0.4) is 0 Å². The van der Waals surface area contributed by atoms with Crippen LogP contribution in [0.1, 0.15) is 25.3 Å². The molecule has 0 bridgehead atoms. The molecule has 0 saturated heterocycles. The maximum absolute atomic E-state index is 5.90. The van der Waals surface area contributed by atoms with Crippen molar-refractivity contribution in [3.8, 4) is 0 Å². The third-order valence-corrected chi connectivity index (χ3v) is 2.59. The van der Waals surface area contributed by atoms with Gasteiger partial charge in [0.15, 0.2) is 0 Å². The van der Waals surface area contributed by atoms with E-state index in [1.54, 1.807) is 0 Å². The highest BCUT2D eigenvalue weighted by molar-refractivity contribution is 6.30. The van der Waals surface area contributed by atoms with Gasteiger partial charge in [-0.3, -0.25) is 0 Å². The molecule has 0 saturated carbocycles. The van der Waals surface area contributed by atoms with Crippen LogP contribution in [-0.2, 0) is 6.54 Å². The van der Waals surface area contributed by atoms with Gasteiger partial charge in [0.25, 0.3) is 0 Å². The van der Waals surface area contributed by atoms with Gasteiger partial charge in [-0.15, -0.1) is 0 Å². The minimum absolute atomic E-state index is 0.809. The molecule has 0 spiro atoms. The van der Waals surface area contributed by atoms with E-state index in [0.29, 0.717) is 0 Å². The molecule has 2 N–H and O–H groups in total. The Morgan fingerprint density at radius 3 is 2.69 bits per heavy atom. The van der Waals surface area contributed by atoms with Gasteiger partial charge >= 0.3 is 0 Å². The Morgan fingerprint density at radius 2 is 1.94 bits per heavy atom. The number of benzene rings is 1. The molecular formula is C13H21ClN2. The van der Waals surface area contributed by atoms with Gasteiger partial charge in [-0.25, -0.2) is 0 Å². The number of hydrogen-bond donors (Lipinski definition) is 2. The molecule has 0 aromatic heterocycles. The van der Waals surface area contributed by atoms with Gasteiger partial charge in [-0.1, -0.05) is 30.7 Å². The van der Waals surface area contributed by atoms with Crippen molar-refractivity contribution in [3.63, 3.8) is 0 Å². The highest BCUT2D eigenvalue weighted by Gasteiger charge is 1.93. The van der Waals surface area contributed by atoms with Crippen LogP contribution in [0.2, 0.25) is 5.02 Å². The standard InChI is InChI=1S/C13H21ClN2/c1-2-7-15-8-4-9-16-11-12-5-3-6-13(14)10-12/h3,5-6,10,15-16H,2,4,7-9,11H2,1H3. The van der Waals surface area contributed by atoms with E-state index in [4.69, 9.17) is 11.6 Å². The van der Waals surface area contributed by atoms with E-state index >= 15 is 0 Å². The monoisotopic (exact) mass is 240 g/mol. The summed E-state index contributed by atoms with van der Waals surface area (Å²) in [4.78, 5) is 0. The lowest BCUT2D eigenvalue weighted by Crippen LogP contribution is -2.22. The Kier molecular flexibility index (Phi) is 7.23. The Labute approximate surface area is 103 Å². The zero-order valence-corrected chi connectivity index (χ0v) is 10.7. The molecule has 0 aliphatic rings. The Balaban J connectivity index is 2.03. The van der Waals surface area contributed by atoms with Crippen molar-refractivity contribution in [3.05, 3.63) is 34.9 Å². The second-order valence-corrected chi connectivity index (χ2v) is 4.35. The molecule has 1 aromatic rings. The van der Waals surface area contributed by atoms with Crippen LogP contribution in [-0.4, -0.2) is 19.6 Å². The molecule has 0 radical (unpaired) electrons. The molecule has 0 atom stereocenters. The predicted octanol–water partition coefficient (Wildman–Crippen LogP) is 2.82. The normalized spacial score (nSPS) is 10.6. The smallest absolute Gasteiger partial charge is 0.0409 e. The summed E-state index contributed by atoms with van der Waals surface area (Å²) in [5, 5.41) is 7.60. The van der Waals surface area contributed by atoms with Crippen LogP contribution >= 0.6 is 11.6 Å². The SMILES string of the molecule is CCCNCCCNCc1cccc(Cl)c1. The van der Waals surface area contributed by atoms with Gasteiger partial charge in [-0.05, 0) is 50.2 Å². The third kappa shape index (κ3) is 6.11. The minimum atomic E-state index is 0.809. The van der Waals surface area contributed by atoms with Crippen LogP contribution in [0, 0.1) is 0 Å². The summed E-state index contributed by atoms with van der Waals surface area (Å²) in [6, 6.07) is 7.99. The van der Waals surface area contributed by atoms with Crippen molar-refractivity contribution >= 4 is 11.6 Å². The van der Waals surface area contributed by atoms with Gasteiger partial charge in [-0.2, -0.15) is 0 Å². The van der Waals surface area contributed by atoms with Crippen molar-refractivity contribution in [1.29, 1.82) is 0 Å². The minimum Gasteiger partial charge on any atom is -0.317 e. The summed E-state index contributed by atoms with van der Waals surface area (Å²) in [5.41, 5.74) is 1.24. The molecule has 1 rings (SSSR count). The molecule has 0 heterocycles. The van der Waals surface area contributed by atoms with Crippen LogP contribution in [0.4, 0.5) is 0 Å². The van der Waals surface area contributed by atoms with E-state index in [1.165, 1.54) is 18.4 Å². The first kappa shape index (κ1) is 13.5. The van der Waals surface area contributed by atoms with E-state index in [9.17, 15) is 0 Å². The molecule has 1 aromatic carbocycles. The number of rotatable bonds is 8. The highest BCUT2D eigenvalue weighted by atomic mass is 35.5. The van der Waals surface area contributed by atoms with Crippen LogP contribution in [0.25, 0.3) is 0 Å². The Morgan fingerprint density at radius 1 is 1.12 bits per heavy atom. The van der Waals surface area contributed by atoms with E-state index in [1.807, 2.05) is 18.2 Å². The second-order valence-electron chi connectivity index (χ2n) is 3.91. The molecule has 0 unspecified atom stereocenters. The summed E-state index contributed by atoms with van der Waals surface area (Å²) < 4.78 is 0. The first-order valence-electron chi connectivity index (χ1n) is 5.99.